The molecule has 3 unspecified atom stereocenters. The molecule has 0 radical (unpaired) electrons. The molecule has 0 aromatic carbocycles. The first kappa shape index (κ1) is 16.5. The largest absolute Gasteiger partial charge is 0.340 e. The van der Waals surface area contributed by atoms with Gasteiger partial charge in [0, 0.05) is 37.4 Å². The van der Waals surface area contributed by atoms with E-state index in [-0.39, 0.29) is 17.4 Å². The minimum absolute atomic E-state index is 0.0107. The topological polar surface area (TPSA) is 64.2 Å². The van der Waals surface area contributed by atoms with Gasteiger partial charge in [0.2, 0.25) is 5.91 Å². The summed E-state index contributed by atoms with van der Waals surface area (Å²) >= 11 is 0. The Bertz CT molecular complexity index is 551. The van der Waals surface area contributed by atoms with E-state index in [0.29, 0.717) is 6.04 Å². The Labute approximate surface area is 139 Å². The Morgan fingerprint density at radius 1 is 1.39 bits per heavy atom. The number of carbonyl (C=O) groups is 1. The fraction of sp³-hybridized carbons (Fsp3) is 0.778. The van der Waals surface area contributed by atoms with Gasteiger partial charge in [-0.15, -0.1) is 0 Å². The molecule has 2 heterocycles. The van der Waals surface area contributed by atoms with Crippen LogP contribution in [0.4, 0.5) is 0 Å². The number of aryl methyl sites for hydroxylation is 1. The average Bonchev–Trinajstić information content (AvgIpc) is 3.02. The van der Waals surface area contributed by atoms with E-state index in [4.69, 9.17) is 5.73 Å². The van der Waals surface area contributed by atoms with Crippen LogP contribution in [0.3, 0.4) is 0 Å². The highest BCUT2D eigenvalue weighted by atomic mass is 16.2. The number of piperidine rings is 1. The molecule has 1 saturated carbocycles. The van der Waals surface area contributed by atoms with Crippen molar-refractivity contribution in [2.75, 3.05) is 13.1 Å². The zero-order chi connectivity index (χ0) is 16.4. The second-order valence-corrected chi connectivity index (χ2v) is 7.49. The van der Waals surface area contributed by atoms with Crippen LogP contribution in [-0.2, 0) is 11.2 Å². The molecule has 1 amide bonds. The maximum atomic E-state index is 13.1. The maximum Gasteiger partial charge on any atom is 0.227 e. The number of rotatable bonds is 3. The predicted octanol–water partition coefficient (Wildman–Crippen LogP) is 2.52. The van der Waals surface area contributed by atoms with Gasteiger partial charge in [0.05, 0.1) is 12.0 Å². The Morgan fingerprint density at radius 3 is 2.96 bits per heavy atom. The molecular formula is C18H30N4O. The molecule has 5 heteroatoms. The van der Waals surface area contributed by atoms with Gasteiger partial charge in [-0.3, -0.25) is 4.79 Å². The van der Waals surface area contributed by atoms with Crippen molar-refractivity contribution in [1.29, 1.82) is 0 Å². The number of hydrogen-bond donors (Lipinski definition) is 1. The van der Waals surface area contributed by atoms with Gasteiger partial charge in [0.15, 0.2) is 0 Å². The van der Waals surface area contributed by atoms with E-state index in [9.17, 15) is 4.79 Å². The maximum absolute atomic E-state index is 13.1. The first-order valence-electron chi connectivity index (χ1n) is 9.12. The Hall–Kier alpha value is -1.36. The fourth-order valence-electron chi connectivity index (χ4n) is 4.32. The van der Waals surface area contributed by atoms with Crippen LogP contribution >= 0.6 is 0 Å². The average molecular weight is 318 g/mol. The minimum Gasteiger partial charge on any atom is -0.340 e. The van der Waals surface area contributed by atoms with E-state index in [1.807, 2.05) is 6.20 Å². The molecule has 0 bridgehead atoms. The molecule has 23 heavy (non-hydrogen) atoms. The Morgan fingerprint density at radius 2 is 2.22 bits per heavy atom. The first-order chi connectivity index (χ1) is 11.0. The van der Waals surface area contributed by atoms with Crippen LogP contribution in [0, 0.1) is 5.92 Å². The number of nitrogens with zero attached hydrogens (tertiary/aromatic N) is 3. The number of nitrogens with two attached hydrogens (primary N) is 1. The highest BCUT2D eigenvalue weighted by molar-refractivity contribution is 5.80. The smallest absolute Gasteiger partial charge is 0.227 e. The number of carbonyl (C=O) groups excluding carboxylic acids is 1. The highest BCUT2D eigenvalue weighted by Gasteiger charge is 2.40. The summed E-state index contributed by atoms with van der Waals surface area (Å²) in [5.41, 5.74) is 6.10. The first-order valence-corrected chi connectivity index (χ1v) is 9.12. The number of hydrogen-bond acceptors (Lipinski definition) is 3. The number of imidazole rings is 1. The third-order valence-corrected chi connectivity index (χ3v) is 5.72. The molecule has 1 aliphatic heterocycles. The number of likely N-dealkylation sites (tertiary alicyclic amines) is 1. The van der Waals surface area contributed by atoms with Crippen molar-refractivity contribution in [3.8, 4) is 0 Å². The number of aromatic nitrogens is 2. The van der Waals surface area contributed by atoms with Crippen LogP contribution in [0.15, 0.2) is 12.4 Å². The van der Waals surface area contributed by atoms with E-state index in [2.05, 4.69) is 34.5 Å². The van der Waals surface area contributed by atoms with Crippen LogP contribution in [0.5, 0.6) is 0 Å². The summed E-state index contributed by atoms with van der Waals surface area (Å²) in [6, 6.07) is 0.359. The highest BCUT2D eigenvalue weighted by Crippen LogP contribution is 2.34. The molecule has 5 nitrogen and oxygen atoms in total. The molecule has 3 rings (SSSR count). The molecule has 1 aromatic heterocycles. The summed E-state index contributed by atoms with van der Waals surface area (Å²) in [6.07, 6.45) is 11.2. The summed E-state index contributed by atoms with van der Waals surface area (Å²) in [6.45, 7) is 5.86. The molecule has 2 N–H and O–H groups in total. The predicted molar refractivity (Wildman–Crippen MR) is 91.0 cm³/mol. The van der Waals surface area contributed by atoms with Gasteiger partial charge in [0.25, 0.3) is 0 Å². The summed E-state index contributed by atoms with van der Waals surface area (Å²) in [4.78, 5) is 19.6. The fourth-order valence-corrected chi connectivity index (χ4v) is 4.32. The Balaban J connectivity index is 1.72. The molecule has 2 aliphatic rings. The normalized spacial score (nSPS) is 32.0. The number of amides is 1. The van der Waals surface area contributed by atoms with E-state index in [1.54, 1.807) is 0 Å². The van der Waals surface area contributed by atoms with Crippen LogP contribution in [0.25, 0.3) is 0 Å². The van der Waals surface area contributed by atoms with Gasteiger partial charge in [-0.1, -0.05) is 19.8 Å². The molecule has 1 aliphatic carbocycles. The zero-order valence-electron chi connectivity index (χ0n) is 14.5. The summed E-state index contributed by atoms with van der Waals surface area (Å²) < 4.78 is 2.27. The molecule has 1 aromatic rings. The third kappa shape index (κ3) is 3.30. The van der Waals surface area contributed by atoms with Gasteiger partial charge in [-0.25, -0.2) is 4.98 Å². The van der Waals surface area contributed by atoms with Crippen LogP contribution in [0.1, 0.15) is 64.2 Å². The van der Waals surface area contributed by atoms with E-state index in [1.165, 1.54) is 0 Å². The lowest BCUT2D eigenvalue weighted by Crippen LogP contribution is -2.55. The van der Waals surface area contributed by atoms with Gasteiger partial charge in [-0.2, -0.15) is 0 Å². The van der Waals surface area contributed by atoms with Gasteiger partial charge >= 0.3 is 0 Å². The van der Waals surface area contributed by atoms with Crippen molar-refractivity contribution in [3.05, 3.63) is 18.2 Å². The summed E-state index contributed by atoms with van der Waals surface area (Å²) in [5.74, 6) is 1.38. The van der Waals surface area contributed by atoms with Crippen molar-refractivity contribution >= 4 is 5.91 Å². The standard InChI is InChI=1S/C18H30N4O/c1-3-16-20-10-12-22(16)14-7-6-11-21(13-14)17(23)15-8-4-5-9-18(15,2)19/h10,12,14-15H,3-9,11,13,19H2,1-2H3. The van der Waals surface area contributed by atoms with Crippen LogP contribution in [-0.4, -0.2) is 39.0 Å². The molecule has 2 fully saturated rings. The molecular weight excluding hydrogens is 288 g/mol. The molecule has 0 spiro atoms. The third-order valence-electron chi connectivity index (χ3n) is 5.72. The lowest BCUT2D eigenvalue weighted by molar-refractivity contribution is -0.140. The van der Waals surface area contributed by atoms with E-state index in [0.717, 1.165) is 63.9 Å². The lowest BCUT2D eigenvalue weighted by atomic mass is 9.73. The molecule has 128 valence electrons. The van der Waals surface area contributed by atoms with Crippen molar-refractivity contribution in [3.63, 3.8) is 0 Å². The summed E-state index contributed by atoms with van der Waals surface area (Å²) in [7, 11) is 0. The van der Waals surface area contributed by atoms with E-state index >= 15 is 0 Å². The van der Waals surface area contributed by atoms with Crippen molar-refractivity contribution in [2.24, 2.45) is 11.7 Å². The Kier molecular flexibility index (Phi) is 4.76. The van der Waals surface area contributed by atoms with Gasteiger partial charge in [-0.05, 0) is 32.6 Å². The second-order valence-electron chi connectivity index (χ2n) is 7.49. The van der Waals surface area contributed by atoms with Crippen LogP contribution < -0.4 is 5.73 Å². The summed E-state index contributed by atoms with van der Waals surface area (Å²) in [5, 5.41) is 0. The van der Waals surface area contributed by atoms with Crippen molar-refractivity contribution in [1.82, 2.24) is 14.5 Å². The monoisotopic (exact) mass is 318 g/mol. The molecule has 1 saturated heterocycles. The SMILES string of the molecule is CCc1nccn1C1CCCN(C(=O)C2CCCCC2(C)N)C1. The van der Waals surface area contributed by atoms with Gasteiger partial charge in [0.1, 0.15) is 5.82 Å². The van der Waals surface area contributed by atoms with Crippen molar-refractivity contribution < 1.29 is 4.79 Å². The quantitative estimate of drug-likeness (QED) is 0.931. The second kappa shape index (κ2) is 6.63. The van der Waals surface area contributed by atoms with Crippen molar-refractivity contribution in [2.45, 2.75) is 70.4 Å². The van der Waals surface area contributed by atoms with E-state index < -0.39 is 0 Å². The lowest BCUT2D eigenvalue weighted by Gasteiger charge is -2.42. The minimum atomic E-state index is -0.341. The molecule has 3 atom stereocenters. The zero-order valence-corrected chi connectivity index (χ0v) is 14.5. The van der Waals surface area contributed by atoms with Gasteiger partial charge < -0.3 is 15.2 Å². The van der Waals surface area contributed by atoms with Crippen LogP contribution in [0.2, 0.25) is 0 Å².